The average molecular weight is 219 g/mol. The van der Waals surface area contributed by atoms with E-state index in [2.05, 4.69) is 0 Å². The van der Waals surface area contributed by atoms with E-state index in [1.54, 1.807) is 11.8 Å². The molecule has 1 aliphatic heterocycles. The quantitative estimate of drug-likeness (QED) is 0.774. The number of hydrogen-bond donors (Lipinski definition) is 1. The number of nitrogens with zero attached hydrogens (tertiary/aromatic N) is 1. The normalized spacial score (nSPS) is 20.5. The van der Waals surface area contributed by atoms with Gasteiger partial charge < -0.3 is 10.0 Å². The van der Waals surface area contributed by atoms with Crippen LogP contribution in [0.3, 0.4) is 0 Å². The maximum Gasteiger partial charge on any atom is 0.234 e. The van der Waals surface area contributed by atoms with Gasteiger partial charge >= 0.3 is 0 Å². The van der Waals surface area contributed by atoms with Crippen LogP contribution in [0, 0.1) is 5.41 Å². The number of rotatable bonds is 2. The molecular weight excluding hydrogens is 202 g/mol. The molecule has 16 heavy (non-hydrogen) atoms. The molecule has 3 heteroatoms. The van der Waals surface area contributed by atoms with Crippen LogP contribution in [-0.2, 0) is 4.79 Å². The van der Waals surface area contributed by atoms with Crippen LogP contribution in [0.15, 0.2) is 24.3 Å². The van der Waals surface area contributed by atoms with Crippen LogP contribution in [0.2, 0.25) is 0 Å². The lowest BCUT2D eigenvalue weighted by Crippen LogP contribution is -2.58. The molecule has 1 saturated heterocycles. The fourth-order valence-electron chi connectivity index (χ4n) is 1.95. The van der Waals surface area contributed by atoms with E-state index in [0.717, 1.165) is 17.8 Å². The summed E-state index contributed by atoms with van der Waals surface area (Å²) in [6.07, 6.45) is -0.461. The average Bonchev–Trinajstić information content (AvgIpc) is 2.26. The highest BCUT2D eigenvalue weighted by Gasteiger charge is 2.44. The van der Waals surface area contributed by atoms with Gasteiger partial charge in [-0.1, -0.05) is 12.1 Å². The maximum atomic E-state index is 11.8. The molecule has 1 unspecified atom stereocenters. The Morgan fingerprint density at radius 3 is 2.25 bits per heavy atom. The molecule has 86 valence electrons. The lowest BCUT2D eigenvalue weighted by Gasteiger charge is -2.44. The van der Waals surface area contributed by atoms with E-state index in [1.807, 2.05) is 38.1 Å². The molecule has 1 aromatic carbocycles. The van der Waals surface area contributed by atoms with Gasteiger partial charge in [-0.15, -0.1) is 0 Å². The Kier molecular flexibility index (Phi) is 2.50. The van der Waals surface area contributed by atoms with Crippen molar-refractivity contribution in [2.24, 2.45) is 5.41 Å². The van der Waals surface area contributed by atoms with Crippen LogP contribution in [0.1, 0.15) is 32.4 Å². The number of carbonyl (C=O) groups excluding carboxylic acids is 1. The first-order chi connectivity index (χ1) is 7.42. The third-order valence-electron chi connectivity index (χ3n) is 3.06. The number of benzene rings is 1. The number of amides is 1. The Balaban J connectivity index is 2.16. The number of aliphatic hydroxyl groups excluding tert-OH is 1. The molecule has 1 aliphatic rings. The summed E-state index contributed by atoms with van der Waals surface area (Å²) in [5, 5.41) is 9.38. The minimum atomic E-state index is -0.461. The smallest absolute Gasteiger partial charge is 0.234 e. The van der Waals surface area contributed by atoms with Crippen molar-refractivity contribution in [2.75, 3.05) is 11.4 Å². The van der Waals surface area contributed by atoms with Gasteiger partial charge in [0.05, 0.1) is 11.5 Å². The van der Waals surface area contributed by atoms with E-state index in [9.17, 15) is 9.90 Å². The zero-order chi connectivity index (χ0) is 11.9. The van der Waals surface area contributed by atoms with E-state index in [0.29, 0.717) is 0 Å². The first-order valence-corrected chi connectivity index (χ1v) is 5.52. The summed E-state index contributed by atoms with van der Waals surface area (Å²) < 4.78 is 0. The number of anilines is 1. The zero-order valence-corrected chi connectivity index (χ0v) is 9.90. The van der Waals surface area contributed by atoms with Gasteiger partial charge in [-0.25, -0.2) is 0 Å². The fourth-order valence-corrected chi connectivity index (χ4v) is 1.95. The molecule has 0 bridgehead atoms. The first-order valence-electron chi connectivity index (χ1n) is 5.52. The molecular formula is C13H17NO2. The Morgan fingerprint density at radius 2 is 1.88 bits per heavy atom. The van der Waals surface area contributed by atoms with Crippen LogP contribution >= 0.6 is 0 Å². The monoisotopic (exact) mass is 219 g/mol. The molecule has 0 radical (unpaired) electrons. The van der Waals surface area contributed by atoms with Crippen molar-refractivity contribution in [1.82, 2.24) is 0 Å². The topological polar surface area (TPSA) is 40.5 Å². The fraction of sp³-hybridized carbons (Fsp3) is 0.462. The van der Waals surface area contributed by atoms with E-state index in [1.165, 1.54) is 0 Å². The number of hydrogen-bond acceptors (Lipinski definition) is 2. The number of β-lactam (4-membered cyclic amide) rings is 1. The van der Waals surface area contributed by atoms with Crippen molar-refractivity contribution in [3.63, 3.8) is 0 Å². The van der Waals surface area contributed by atoms with Crippen LogP contribution < -0.4 is 4.90 Å². The lowest BCUT2D eigenvalue weighted by atomic mass is 9.82. The van der Waals surface area contributed by atoms with Crippen molar-refractivity contribution >= 4 is 11.6 Å². The van der Waals surface area contributed by atoms with Gasteiger partial charge in [0.2, 0.25) is 5.91 Å². The molecule has 1 amide bonds. The Bertz CT molecular complexity index is 406. The molecule has 0 saturated carbocycles. The lowest BCUT2D eigenvalue weighted by molar-refractivity contribution is -0.132. The molecule has 0 aromatic heterocycles. The van der Waals surface area contributed by atoms with Gasteiger partial charge in [0.1, 0.15) is 0 Å². The van der Waals surface area contributed by atoms with Gasteiger partial charge in [0.15, 0.2) is 0 Å². The molecule has 0 spiro atoms. The Hall–Kier alpha value is -1.35. The van der Waals surface area contributed by atoms with E-state index in [-0.39, 0.29) is 11.3 Å². The van der Waals surface area contributed by atoms with Crippen LogP contribution in [0.25, 0.3) is 0 Å². The van der Waals surface area contributed by atoms with Crippen molar-refractivity contribution in [3.8, 4) is 0 Å². The maximum absolute atomic E-state index is 11.8. The third kappa shape index (κ3) is 1.71. The van der Waals surface area contributed by atoms with Crippen LogP contribution in [-0.4, -0.2) is 17.6 Å². The summed E-state index contributed by atoms with van der Waals surface area (Å²) in [5.41, 5.74) is 1.56. The molecule has 1 heterocycles. The Labute approximate surface area is 95.7 Å². The van der Waals surface area contributed by atoms with Crippen molar-refractivity contribution < 1.29 is 9.90 Å². The second kappa shape index (κ2) is 3.59. The van der Waals surface area contributed by atoms with Gasteiger partial charge in [-0.05, 0) is 38.5 Å². The van der Waals surface area contributed by atoms with E-state index in [4.69, 9.17) is 0 Å². The highest BCUT2D eigenvalue weighted by atomic mass is 16.3. The summed E-state index contributed by atoms with van der Waals surface area (Å²) in [6.45, 7) is 6.40. The summed E-state index contributed by atoms with van der Waals surface area (Å²) in [6, 6.07) is 7.49. The van der Waals surface area contributed by atoms with E-state index < -0.39 is 6.10 Å². The largest absolute Gasteiger partial charge is 0.389 e. The summed E-state index contributed by atoms with van der Waals surface area (Å²) in [4.78, 5) is 13.5. The standard InChI is InChI=1S/C13H17NO2/c1-9(15)10-4-6-11(7-5-10)14-8-13(2,3)12(14)16/h4-7,9,15H,8H2,1-3H3. The summed E-state index contributed by atoms with van der Waals surface area (Å²) in [5.74, 6) is 0.164. The van der Waals surface area contributed by atoms with Gasteiger partial charge in [-0.3, -0.25) is 4.79 Å². The third-order valence-corrected chi connectivity index (χ3v) is 3.06. The zero-order valence-electron chi connectivity index (χ0n) is 9.90. The second-order valence-electron chi connectivity index (χ2n) is 5.04. The van der Waals surface area contributed by atoms with Crippen LogP contribution in [0.4, 0.5) is 5.69 Å². The minimum Gasteiger partial charge on any atom is -0.389 e. The van der Waals surface area contributed by atoms with Gasteiger partial charge in [0, 0.05) is 12.2 Å². The predicted octanol–water partition coefficient (Wildman–Crippen LogP) is 2.11. The molecule has 0 aliphatic carbocycles. The molecule has 1 aromatic rings. The van der Waals surface area contributed by atoms with Crippen LogP contribution in [0.5, 0.6) is 0 Å². The highest BCUT2D eigenvalue weighted by molar-refractivity contribution is 6.03. The van der Waals surface area contributed by atoms with Gasteiger partial charge in [-0.2, -0.15) is 0 Å². The molecule has 1 atom stereocenters. The summed E-state index contributed by atoms with van der Waals surface area (Å²) in [7, 11) is 0. The SMILES string of the molecule is CC(O)c1ccc(N2CC(C)(C)C2=O)cc1. The number of carbonyl (C=O) groups is 1. The molecule has 1 N–H and O–H groups in total. The molecule has 3 nitrogen and oxygen atoms in total. The molecule has 1 fully saturated rings. The minimum absolute atomic E-state index is 0.164. The predicted molar refractivity (Wildman–Crippen MR) is 63.2 cm³/mol. The van der Waals surface area contributed by atoms with Gasteiger partial charge in [0.25, 0.3) is 0 Å². The summed E-state index contributed by atoms with van der Waals surface area (Å²) >= 11 is 0. The van der Waals surface area contributed by atoms with Crippen molar-refractivity contribution in [1.29, 1.82) is 0 Å². The second-order valence-corrected chi connectivity index (χ2v) is 5.04. The highest BCUT2D eigenvalue weighted by Crippen LogP contribution is 2.35. The van der Waals surface area contributed by atoms with Crippen molar-refractivity contribution in [2.45, 2.75) is 26.9 Å². The number of aliphatic hydroxyl groups is 1. The first kappa shape index (κ1) is 11.1. The van der Waals surface area contributed by atoms with Crippen molar-refractivity contribution in [3.05, 3.63) is 29.8 Å². The Morgan fingerprint density at radius 1 is 1.31 bits per heavy atom. The van der Waals surface area contributed by atoms with E-state index >= 15 is 0 Å². The molecule has 2 rings (SSSR count).